The summed E-state index contributed by atoms with van der Waals surface area (Å²) in [5.74, 6) is 1.84. The van der Waals surface area contributed by atoms with Gasteiger partial charge in [0.1, 0.15) is 5.60 Å². The van der Waals surface area contributed by atoms with Crippen molar-refractivity contribution in [3.05, 3.63) is 0 Å². The topological polar surface area (TPSA) is 64.6 Å². The normalized spacial score (nSPS) is 23.2. The first kappa shape index (κ1) is 14.5. The van der Waals surface area contributed by atoms with Crippen LogP contribution in [0.3, 0.4) is 0 Å². The smallest absolute Gasteiger partial charge is 0.407 e. The minimum atomic E-state index is -0.568. The van der Waals surface area contributed by atoms with E-state index < -0.39 is 11.7 Å². The maximum Gasteiger partial charge on any atom is 0.407 e. The summed E-state index contributed by atoms with van der Waals surface area (Å²) in [5.41, 5.74) is -0.568. The van der Waals surface area contributed by atoms with Crippen LogP contribution in [0.2, 0.25) is 0 Å². The van der Waals surface area contributed by atoms with E-state index in [9.17, 15) is 9.59 Å². The van der Waals surface area contributed by atoms with Crippen molar-refractivity contribution in [3.63, 3.8) is 0 Å². The first-order chi connectivity index (χ1) is 8.33. The fourth-order valence-electron chi connectivity index (χ4n) is 1.70. The van der Waals surface area contributed by atoms with Gasteiger partial charge in [-0.2, -0.15) is 0 Å². The van der Waals surface area contributed by atoms with Crippen molar-refractivity contribution in [2.45, 2.75) is 38.8 Å². The summed E-state index contributed by atoms with van der Waals surface area (Å²) in [4.78, 5) is 23.3. The van der Waals surface area contributed by atoms with E-state index in [1.807, 2.05) is 0 Å². The third-order valence-electron chi connectivity index (χ3n) is 2.47. The molecule has 0 radical (unpaired) electrons. The molecule has 0 bridgehead atoms. The van der Waals surface area contributed by atoms with Gasteiger partial charge in [0.2, 0.25) is 0 Å². The molecule has 2 atom stereocenters. The molecule has 1 amide bonds. The quantitative estimate of drug-likeness (QED) is 0.765. The Hall–Kier alpha value is -1.54. The van der Waals surface area contributed by atoms with Gasteiger partial charge < -0.3 is 14.8 Å². The van der Waals surface area contributed by atoms with E-state index in [2.05, 4.69) is 11.2 Å². The van der Waals surface area contributed by atoms with Gasteiger partial charge in [0, 0.05) is 0 Å². The Morgan fingerprint density at radius 2 is 2.11 bits per heavy atom. The summed E-state index contributed by atoms with van der Waals surface area (Å²) < 4.78 is 10.3. The van der Waals surface area contributed by atoms with Gasteiger partial charge in [-0.15, -0.1) is 6.42 Å². The van der Waals surface area contributed by atoms with Gasteiger partial charge in [0.15, 0.2) is 5.78 Å². The van der Waals surface area contributed by atoms with Crippen molar-refractivity contribution in [2.75, 3.05) is 13.2 Å². The first-order valence-corrected chi connectivity index (χ1v) is 5.87. The van der Waals surface area contributed by atoms with E-state index >= 15 is 0 Å². The highest BCUT2D eigenvalue weighted by Gasteiger charge is 2.35. The van der Waals surface area contributed by atoms with E-state index in [0.717, 1.165) is 0 Å². The van der Waals surface area contributed by atoms with Gasteiger partial charge in [-0.3, -0.25) is 4.79 Å². The average Bonchev–Trinajstić information content (AvgIpc) is 2.62. The molecule has 0 aromatic carbocycles. The van der Waals surface area contributed by atoms with Crippen molar-refractivity contribution in [1.82, 2.24) is 5.32 Å². The number of hydrogen-bond donors (Lipinski definition) is 1. The van der Waals surface area contributed by atoms with E-state index in [0.29, 0.717) is 13.2 Å². The number of carbonyl (C=O) groups is 2. The summed E-state index contributed by atoms with van der Waals surface area (Å²) in [6.45, 7) is 5.93. The zero-order valence-electron chi connectivity index (χ0n) is 11.0. The van der Waals surface area contributed by atoms with E-state index in [4.69, 9.17) is 15.9 Å². The molecule has 0 saturated carbocycles. The van der Waals surface area contributed by atoms with Crippen LogP contribution in [-0.4, -0.2) is 36.7 Å². The number of nitrogens with one attached hydrogen (secondary N) is 1. The number of carbonyl (C=O) groups excluding carboxylic acids is 2. The Labute approximate surface area is 107 Å². The minimum Gasteiger partial charge on any atom is -0.444 e. The van der Waals surface area contributed by atoms with Gasteiger partial charge >= 0.3 is 6.09 Å². The van der Waals surface area contributed by atoms with Crippen molar-refractivity contribution in [1.29, 1.82) is 0 Å². The molecule has 0 aromatic heterocycles. The third kappa shape index (κ3) is 4.38. The minimum absolute atomic E-state index is 0.0561. The predicted octanol–water partition coefficient (Wildman–Crippen LogP) is 1.12. The molecular weight excluding hydrogens is 234 g/mol. The molecule has 0 aromatic rings. The molecule has 0 spiro atoms. The standard InChI is InChI=1S/C13H19NO4/c1-5-6-11(15)9-7-17-8-10(9)14-12(16)18-13(2,3)4/h1,9-10H,6-8H2,2-4H3,(H,14,16). The maximum atomic E-state index is 11.7. The van der Waals surface area contributed by atoms with Crippen LogP contribution in [-0.2, 0) is 14.3 Å². The molecule has 1 heterocycles. The van der Waals surface area contributed by atoms with E-state index in [1.165, 1.54) is 0 Å². The Balaban J connectivity index is 2.53. The highest BCUT2D eigenvalue weighted by Crippen LogP contribution is 2.17. The third-order valence-corrected chi connectivity index (χ3v) is 2.47. The lowest BCUT2D eigenvalue weighted by Crippen LogP contribution is -2.44. The van der Waals surface area contributed by atoms with Crippen LogP contribution in [0.1, 0.15) is 27.2 Å². The maximum absolute atomic E-state index is 11.7. The Morgan fingerprint density at radius 1 is 1.44 bits per heavy atom. The molecule has 1 aliphatic rings. The zero-order chi connectivity index (χ0) is 13.8. The van der Waals surface area contributed by atoms with Crippen molar-refractivity contribution < 1.29 is 19.1 Å². The fraction of sp³-hybridized carbons (Fsp3) is 0.692. The highest BCUT2D eigenvalue weighted by atomic mass is 16.6. The number of alkyl carbamates (subject to hydrolysis) is 1. The number of ketones is 1. The van der Waals surface area contributed by atoms with Gasteiger partial charge in [-0.05, 0) is 20.8 Å². The van der Waals surface area contributed by atoms with Crippen LogP contribution in [0.4, 0.5) is 4.79 Å². The van der Waals surface area contributed by atoms with Crippen LogP contribution in [0.5, 0.6) is 0 Å². The summed E-state index contributed by atoms with van der Waals surface area (Å²) in [5, 5.41) is 2.65. The molecule has 5 nitrogen and oxygen atoms in total. The molecule has 1 fully saturated rings. The Bertz CT molecular complexity index is 364. The summed E-state index contributed by atoms with van der Waals surface area (Å²) in [6, 6.07) is -0.360. The summed E-state index contributed by atoms with van der Waals surface area (Å²) in [6.07, 6.45) is 4.61. The number of rotatable bonds is 3. The van der Waals surface area contributed by atoms with E-state index in [1.54, 1.807) is 20.8 Å². The Morgan fingerprint density at radius 3 is 2.67 bits per heavy atom. The second-order valence-corrected chi connectivity index (χ2v) is 5.24. The second-order valence-electron chi connectivity index (χ2n) is 5.24. The molecule has 1 N–H and O–H groups in total. The largest absolute Gasteiger partial charge is 0.444 e. The van der Waals surface area contributed by atoms with Crippen LogP contribution in [0.25, 0.3) is 0 Å². The molecule has 2 unspecified atom stereocenters. The van der Waals surface area contributed by atoms with E-state index in [-0.39, 0.29) is 24.2 Å². The molecule has 100 valence electrons. The lowest BCUT2D eigenvalue weighted by Gasteiger charge is -2.23. The monoisotopic (exact) mass is 253 g/mol. The number of hydrogen-bond acceptors (Lipinski definition) is 4. The number of Topliss-reactive ketones (excluding diaryl/α,β-unsaturated/α-hetero) is 1. The van der Waals surface area contributed by atoms with Gasteiger partial charge in [0.25, 0.3) is 0 Å². The van der Waals surface area contributed by atoms with Gasteiger partial charge in [-0.25, -0.2) is 4.79 Å². The van der Waals surface area contributed by atoms with Crippen LogP contribution >= 0.6 is 0 Å². The lowest BCUT2D eigenvalue weighted by molar-refractivity contribution is -0.122. The van der Waals surface area contributed by atoms with Crippen LogP contribution in [0, 0.1) is 18.3 Å². The molecule has 1 rings (SSSR count). The molecule has 5 heteroatoms. The Kier molecular flexibility index (Phi) is 4.74. The second kappa shape index (κ2) is 5.87. The fourth-order valence-corrected chi connectivity index (χ4v) is 1.70. The first-order valence-electron chi connectivity index (χ1n) is 5.87. The molecule has 18 heavy (non-hydrogen) atoms. The summed E-state index contributed by atoms with van der Waals surface area (Å²) >= 11 is 0. The summed E-state index contributed by atoms with van der Waals surface area (Å²) in [7, 11) is 0. The zero-order valence-corrected chi connectivity index (χ0v) is 11.0. The SMILES string of the molecule is C#CCC(=O)C1COCC1NC(=O)OC(C)(C)C. The van der Waals surface area contributed by atoms with Crippen LogP contribution < -0.4 is 5.32 Å². The van der Waals surface area contributed by atoms with Crippen molar-refractivity contribution in [3.8, 4) is 12.3 Å². The predicted molar refractivity (Wildman–Crippen MR) is 65.9 cm³/mol. The molecule has 1 aliphatic heterocycles. The average molecular weight is 253 g/mol. The molecule has 1 saturated heterocycles. The van der Waals surface area contributed by atoms with Crippen molar-refractivity contribution >= 4 is 11.9 Å². The van der Waals surface area contributed by atoms with Gasteiger partial charge in [0.05, 0.1) is 31.6 Å². The number of terminal acetylenes is 1. The number of ether oxygens (including phenoxy) is 2. The van der Waals surface area contributed by atoms with Crippen molar-refractivity contribution in [2.24, 2.45) is 5.92 Å². The van der Waals surface area contributed by atoms with Crippen LogP contribution in [0.15, 0.2) is 0 Å². The molecule has 0 aliphatic carbocycles. The lowest BCUT2D eigenvalue weighted by atomic mass is 9.97. The molecular formula is C13H19NO4. The van der Waals surface area contributed by atoms with Gasteiger partial charge in [-0.1, -0.05) is 5.92 Å². The highest BCUT2D eigenvalue weighted by molar-refractivity contribution is 5.84. The number of amides is 1.